The molecule has 0 aliphatic carbocycles. The van der Waals surface area contributed by atoms with Crippen molar-refractivity contribution in [1.29, 1.82) is 0 Å². The second kappa shape index (κ2) is 5.38. The van der Waals surface area contributed by atoms with Crippen LogP contribution in [0, 0.1) is 0 Å². The molecule has 2 aromatic carbocycles. The average molecular weight is 283 g/mol. The highest BCUT2D eigenvalue weighted by atomic mass is 32.1. The molecule has 1 amide bonds. The summed E-state index contributed by atoms with van der Waals surface area (Å²) in [7, 11) is 0. The van der Waals surface area contributed by atoms with Crippen LogP contribution in [0.25, 0.3) is 10.8 Å². The number of aromatic nitrogens is 2. The molecule has 0 aliphatic rings. The lowest BCUT2D eigenvalue weighted by Gasteiger charge is -2.07. The number of benzene rings is 2. The number of anilines is 1. The molecule has 0 saturated heterocycles. The highest BCUT2D eigenvalue weighted by Gasteiger charge is 2.15. The first-order chi connectivity index (χ1) is 9.79. The second-order valence-corrected chi connectivity index (χ2v) is 5.14. The van der Waals surface area contributed by atoms with Crippen molar-refractivity contribution in [2.45, 2.75) is 13.3 Å². The quantitative estimate of drug-likeness (QED) is 0.800. The van der Waals surface area contributed by atoms with Gasteiger partial charge in [0.15, 0.2) is 0 Å². The molecule has 0 atom stereocenters. The predicted molar refractivity (Wildman–Crippen MR) is 81.2 cm³/mol. The van der Waals surface area contributed by atoms with E-state index in [4.69, 9.17) is 0 Å². The first-order valence-electron chi connectivity index (χ1n) is 6.40. The molecular formula is C15H13N3OS. The highest BCUT2D eigenvalue weighted by molar-refractivity contribution is 7.08. The third kappa shape index (κ3) is 2.28. The van der Waals surface area contributed by atoms with Crippen molar-refractivity contribution in [2.75, 3.05) is 5.32 Å². The zero-order chi connectivity index (χ0) is 13.9. The van der Waals surface area contributed by atoms with Crippen LogP contribution >= 0.6 is 11.5 Å². The van der Waals surface area contributed by atoms with E-state index in [-0.39, 0.29) is 5.91 Å². The molecule has 0 aliphatic heterocycles. The fourth-order valence-corrected chi connectivity index (χ4v) is 2.77. The Morgan fingerprint density at radius 3 is 2.85 bits per heavy atom. The van der Waals surface area contributed by atoms with E-state index in [1.807, 2.05) is 49.4 Å². The van der Waals surface area contributed by atoms with Crippen LogP contribution < -0.4 is 5.32 Å². The van der Waals surface area contributed by atoms with Gasteiger partial charge in [-0.3, -0.25) is 4.79 Å². The first kappa shape index (κ1) is 12.7. The van der Waals surface area contributed by atoms with E-state index >= 15 is 0 Å². The summed E-state index contributed by atoms with van der Waals surface area (Å²) in [5.41, 5.74) is 1.55. The standard InChI is InChI=1S/C15H13N3OS/c1-2-12-14(20-18-17-12)15(19)16-13-9-5-7-10-6-3-4-8-11(10)13/h3-9H,2H2,1H3,(H,16,19). The minimum atomic E-state index is -0.145. The van der Waals surface area contributed by atoms with Crippen LogP contribution in [0.4, 0.5) is 5.69 Å². The van der Waals surface area contributed by atoms with Crippen molar-refractivity contribution >= 4 is 33.9 Å². The van der Waals surface area contributed by atoms with Crippen LogP contribution in [0.2, 0.25) is 0 Å². The van der Waals surface area contributed by atoms with Crippen molar-refractivity contribution in [1.82, 2.24) is 9.59 Å². The Labute approximate surface area is 120 Å². The summed E-state index contributed by atoms with van der Waals surface area (Å²) in [4.78, 5) is 12.9. The smallest absolute Gasteiger partial charge is 0.269 e. The zero-order valence-corrected chi connectivity index (χ0v) is 11.8. The molecule has 0 bridgehead atoms. The van der Waals surface area contributed by atoms with Gasteiger partial charge < -0.3 is 5.32 Å². The third-order valence-electron chi connectivity index (χ3n) is 3.13. The number of rotatable bonds is 3. The Kier molecular flexibility index (Phi) is 3.43. The van der Waals surface area contributed by atoms with Gasteiger partial charge in [-0.1, -0.05) is 47.8 Å². The van der Waals surface area contributed by atoms with Crippen LogP contribution in [0.3, 0.4) is 0 Å². The number of hydrogen-bond acceptors (Lipinski definition) is 4. The summed E-state index contributed by atoms with van der Waals surface area (Å²) in [6.07, 6.45) is 0.703. The van der Waals surface area contributed by atoms with E-state index in [0.29, 0.717) is 11.3 Å². The van der Waals surface area contributed by atoms with Crippen LogP contribution in [0.15, 0.2) is 42.5 Å². The number of hydrogen-bond donors (Lipinski definition) is 1. The number of nitrogens with one attached hydrogen (secondary N) is 1. The van der Waals surface area contributed by atoms with Crippen LogP contribution in [-0.4, -0.2) is 15.5 Å². The van der Waals surface area contributed by atoms with E-state index in [1.165, 1.54) is 0 Å². The zero-order valence-electron chi connectivity index (χ0n) is 11.0. The van der Waals surface area contributed by atoms with E-state index in [0.717, 1.165) is 33.7 Å². The molecular weight excluding hydrogens is 270 g/mol. The molecule has 0 unspecified atom stereocenters. The van der Waals surface area contributed by atoms with Crippen LogP contribution in [0.1, 0.15) is 22.3 Å². The lowest BCUT2D eigenvalue weighted by Crippen LogP contribution is -2.12. The molecule has 5 heteroatoms. The Hall–Kier alpha value is -2.27. The number of aryl methyl sites for hydroxylation is 1. The maximum Gasteiger partial charge on any atom is 0.269 e. The van der Waals surface area contributed by atoms with Crippen molar-refractivity contribution < 1.29 is 4.79 Å². The summed E-state index contributed by atoms with van der Waals surface area (Å²) < 4.78 is 3.85. The Bertz CT molecular complexity index is 761. The third-order valence-corrected chi connectivity index (χ3v) is 3.90. The molecule has 0 saturated carbocycles. The Morgan fingerprint density at radius 1 is 1.20 bits per heavy atom. The van der Waals surface area contributed by atoms with E-state index in [9.17, 15) is 4.79 Å². The fraction of sp³-hybridized carbons (Fsp3) is 0.133. The molecule has 1 aromatic heterocycles. The molecule has 100 valence electrons. The van der Waals surface area contributed by atoms with Gasteiger partial charge in [0.25, 0.3) is 5.91 Å². The minimum Gasteiger partial charge on any atom is -0.321 e. The van der Waals surface area contributed by atoms with Crippen molar-refractivity contribution in [3.05, 3.63) is 53.0 Å². The number of nitrogens with zero attached hydrogens (tertiary/aromatic N) is 2. The van der Waals surface area contributed by atoms with Gasteiger partial charge in [0.1, 0.15) is 4.88 Å². The Balaban J connectivity index is 1.96. The van der Waals surface area contributed by atoms with Gasteiger partial charge in [-0.05, 0) is 29.4 Å². The summed E-state index contributed by atoms with van der Waals surface area (Å²) in [6, 6.07) is 13.8. The van der Waals surface area contributed by atoms with Gasteiger partial charge in [-0.25, -0.2) is 0 Å². The molecule has 3 rings (SSSR count). The lowest BCUT2D eigenvalue weighted by molar-refractivity contribution is 0.102. The largest absolute Gasteiger partial charge is 0.321 e. The predicted octanol–water partition coefficient (Wildman–Crippen LogP) is 3.51. The summed E-state index contributed by atoms with van der Waals surface area (Å²) in [6.45, 7) is 1.96. The van der Waals surface area contributed by atoms with Gasteiger partial charge >= 0.3 is 0 Å². The van der Waals surface area contributed by atoms with E-state index < -0.39 is 0 Å². The van der Waals surface area contributed by atoms with Gasteiger partial charge in [-0.15, -0.1) is 5.10 Å². The summed E-state index contributed by atoms with van der Waals surface area (Å²) in [5, 5.41) is 9.05. The minimum absolute atomic E-state index is 0.145. The number of carbonyl (C=O) groups is 1. The topological polar surface area (TPSA) is 54.9 Å². The molecule has 20 heavy (non-hydrogen) atoms. The lowest BCUT2D eigenvalue weighted by atomic mass is 10.1. The normalized spacial score (nSPS) is 10.7. The van der Waals surface area contributed by atoms with Crippen molar-refractivity contribution in [2.24, 2.45) is 0 Å². The second-order valence-electron chi connectivity index (χ2n) is 4.38. The molecule has 1 heterocycles. The Morgan fingerprint density at radius 2 is 2.00 bits per heavy atom. The number of amides is 1. The first-order valence-corrected chi connectivity index (χ1v) is 7.17. The van der Waals surface area contributed by atoms with E-state index in [2.05, 4.69) is 14.9 Å². The van der Waals surface area contributed by atoms with E-state index in [1.54, 1.807) is 0 Å². The molecule has 4 nitrogen and oxygen atoms in total. The van der Waals surface area contributed by atoms with Gasteiger partial charge in [0.05, 0.1) is 5.69 Å². The molecule has 0 fully saturated rings. The van der Waals surface area contributed by atoms with Gasteiger partial charge in [0.2, 0.25) is 0 Å². The van der Waals surface area contributed by atoms with Crippen molar-refractivity contribution in [3.8, 4) is 0 Å². The van der Waals surface area contributed by atoms with Gasteiger partial charge in [0, 0.05) is 11.1 Å². The van der Waals surface area contributed by atoms with Crippen molar-refractivity contribution in [3.63, 3.8) is 0 Å². The molecule has 0 radical (unpaired) electrons. The number of carbonyl (C=O) groups excluding carboxylic acids is 1. The monoisotopic (exact) mass is 283 g/mol. The summed E-state index contributed by atoms with van der Waals surface area (Å²) in [5.74, 6) is -0.145. The number of fused-ring (bicyclic) bond motifs is 1. The van der Waals surface area contributed by atoms with Crippen LogP contribution in [0.5, 0.6) is 0 Å². The maximum absolute atomic E-state index is 12.3. The fourth-order valence-electron chi connectivity index (χ4n) is 2.13. The summed E-state index contributed by atoms with van der Waals surface area (Å²) >= 11 is 1.13. The SMILES string of the molecule is CCc1nnsc1C(=O)Nc1cccc2ccccc12. The highest BCUT2D eigenvalue weighted by Crippen LogP contribution is 2.24. The van der Waals surface area contributed by atoms with Crippen LogP contribution in [-0.2, 0) is 6.42 Å². The maximum atomic E-state index is 12.3. The van der Waals surface area contributed by atoms with Gasteiger partial charge in [-0.2, -0.15) is 0 Å². The molecule has 3 aromatic rings. The average Bonchev–Trinajstić information content (AvgIpc) is 2.96. The molecule has 1 N–H and O–H groups in total. The molecule has 0 spiro atoms.